The molecule has 0 fully saturated rings. The van der Waals surface area contributed by atoms with Crippen molar-refractivity contribution in [3.05, 3.63) is 122 Å². The van der Waals surface area contributed by atoms with Crippen LogP contribution in [0.1, 0.15) is 226 Å². The maximum atomic E-state index is 13.0. The van der Waals surface area contributed by atoms with Gasteiger partial charge >= 0.3 is 7.82 Å². The third kappa shape index (κ3) is 56.5. The van der Waals surface area contributed by atoms with Gasteiger partial charge in [-0.2, -0.15) is 0 Å². The van der Waals surface area contributed by atoms with Gasteiger partial charge in [0.15, 0.2) is 0 Å². The molecule has 73 heavy (non-hydrogen) atoms. The van der Waals surface area contributed by atoms with Gasteiger partial charge in [-0.3, -0.25) is 13.8 Å². The van der Waals surface area contributed by atoms with E-state index in [1.54, 1.807) is 6.08 Å². The second-order valence-corrected chi connectivity index (χ2v) is 22.1. The van der Waals surface area contributed by atoms with E-state index in [1.807, 2.05) is 27.2 Å². The molecule has 0 aromatic carbocycles. The molecular formula is C64H112N2O6P+. The summed E-state index contributed by atoms with van der Waals surface area (Å²) in [6, 6.07) is -0.891. The van der Waals surface area contributed by atoms with E-state index in [2.05, 4.69) is 129 Å². The molecule has 0 saturated heterocycles. The molecule has 0 aliphatic heterocycles. The van der Waals surface area contributed by atoms with Crippen LogP contribution in [0.2, 0.25) is 0 Å². The predicted octanol–water partition coefficient (Wildman–Crippen LogP) is 18.1. The van der Waals surface area contributed by atoms with Gasteiger partial charge in [-0.25, -0.2) is 4.57 Å². The molecule has 3 atom stereocenters. The van der Waals surface area contributed by atoms with Crippen LogP contribution in [0.4, 0.5) is 0 Å². The van der Waals surface area contributed by atoms with Gasteiger partial charge in [-0.15, -0.1) is 0 Å². The monoisotopic (exact) mass is 1040 g/mol. The molecule has 0 heterocycles. The minimum Gasteiger partial charge on any atom is -0.387 e. The highest BCUT2D eigenvalue weighted by Crippen LogP contribution is 2.43. The molecule has 0 spiro atoms. The summed E-state index contributed by atoms with van der Waals surface area (Å²) in [6.45, 7) is 4.65. The fraction of sp³-hybridized carbons (Fsp3) is 0.672. The van der Waals surface area contributed by atoms with Gasteiger partial charge in [0.05, 0.1) is 39.9 Å². The molecule has 0 aliphatic carbocycles. The summed E-state index contributed by atoms with van der Waals surface area (Å²) in [6.07, 6.45) is 80.2. The molecule has 0 aromatic rings. The third-order valence-corrected chi connectivity index (χ3v) is 13.4. The Kier molecular flexibility index (Phi) is 51.4. The van der Waals surface area contributed by atoms with Gasteiger partial charge in [0.25, 0.3) is 0 Å². The van der Waals surface area contributed by atoms with Crippen molar-refractivity contribution in [1.29, 1.82) is 0 Å². The van der Waals surface area contributed by atoms with Crippen molar-refractivity contribution in [2.45, 2.75) is 238 Å². The number of nitrogens with zero attached hydrogens (tertiary/aromatic N) is 1. The number of rotatable bonds is 52. The zero-order valence-corrected chi connectivity index (χ0v) is 48.5. The van der Waals surface area contributed by atoms with Gasteiger partial charge in [0, 0.05) is 6.42 Å². The van der Waals surface area contributed by atoms with E-state index in [4.69, 9.17) is 9.05 Å². The van der Waals surface area contributed by atoms with E-state index in [1.165, 1.54) is 96.3 Å². The van der Waals surface area contributed by atoms with E-state index < -0.39 is 20.0 Å². The first-order valence-corrected chi connectivity index (χ1v) is 30.9. The summed E-state index contributed by atoms with van der Waals surface area (Å²) in [5, 5.41) is 13.9. The summed E-state index contributed by atoms with van der Waals surface area (Å²) in [5.41, 5.74) is 0. The normalized spacial score (nSPS) is 14.8. The minimum atomic E-state index is -4.38. The van der Waals surface area contributed by atoms with Crippen molar-refractivity contribution in [3.8, 4) is 0 Å². The number of aliphatic hydroxyl groups is 1. The van der Waals surface area contributed by atoms with Gasteiger partial charge in [0.1, 0.15) is 13.2 Å². The molecule has 3 unspecified atom stereocenters. The lowest BCUT2D eigenvalue weighted by Crippen LogP contribution is -2.45. The Morgan fingerprint density at radius 1 is 0.479 bits per heavy atom. The number of hydrogen-bond donors (Lipinski definition) is 3. The van der Waals surface area contributed by atoms with E-state index in [-0.39, 0.29) is 19.1 Å². The van der Waals surface area contributed by atoms with Crippen LogP contribution >= 0.6 is 7.82 Å². The molecule has 0 radical (unpaired) electrons. The van der Waals surface area contributed by atoms with Gasteiger partial charge < -0.3 is 19.8 Å². The van der Waals surface area contributed by atoms with Crippen LogP contribution < -0.4 is 5.32 Å². The number of unbranched alkanes of at least 4 members (excludes halogenated alkanes) is 21. The first-order chi connectivity index (χ1) is 35.5. The largest absolute Gasteiger partial charge is 0.472 e. The fourth-order valence-corrected chi connectivity index (χ4v) is 8.55. The van der Waals surface area contributed by atoms with Crippen LogP contribution in [0, 0.1) is 0 Å². The molecule has 9 heteroatoms. The fourth-order valence-electron chi connectivity index (χ4n) is 7.82. The van der Waals surface area contributed by atoms with E-state index in [9.17, 15) is 19.4 Å². The minimum absolute atomic E-state index is 0.0424. The summed E-state index contributed by atoms with van der Waals surface area (Å²) >= 11 is 0. The Labute approximate surface area is 450 Å². The summed E-state index contributed by atoms with van der Waals surface area (Å²) in [5.74, 6) is -0.214. The predicted molar refractivity (Wildman–Crippen MR) is 318 cm³/mol. The summed E-state index contributed by atoms with van der Waals surface area (Å²) in [7, 11) is 1.51. The highest BCUT2D eigenvalue weighted by molar-refractivity contribution is 7.47. The maximum Gasteiger partial charge on any atom is 0.472 e. The van der Waals surface area contributed by atoms with Gasteiger partial charge in [-0.05, 0) is 103 Å². The number of nitrogens with one attached hydrogen (secondary N) is 1. The molecule has 3 N–H and O–H groups in total. The Balaban J connectivity index is 4.37. The standard InChI is InChI=1S/C64H111N2O6P/c1-6-8-10-12-14-16-18-20-22-24-26-28-30-32-33-34-36-38-40-42-44-46-48-50-52-54-56-58-64(68)65-62(61-72-73(69,70)71-60-59-66(3,4)5)63(67)57-55-53-51-49-47-45-43-41-39-37-35-31-29-27-25-23-21-19-17-15-13-11-9-7-2/h8,10,14,16,20,22,26,28,32-33,36,38-39,41-42,44,47,49,55,57,62-63,67H,6-7,9,11-13,15,17-19,21,23-25,27,29-31,34-35,37,40,43,45-46,48,50-54,56,58-61H2,1-5H3,(H-,65,68,69,70)/p+1/b10-8-,16-14-,22-20-,28-26-,33-32-,38-36-,41-39+,44-42-,49-47+,57-55+. The molecular weight excluding hydrogens is 924 g/mol. The first-order valence-electron chi connectivity index (χ1n) is 29.4. The zero-order valence-electron chi connectivity index (χ0n) is 47.6. The van der Waals surface area contributed by atoms with Crippen molar-refractivity contribution in [2.24, 2.45) is 0 Å². The van der Waals surface area contributed by atoms with Crippen molar-refractivity contribution in [3.63, 3.8) is 0 Å². The van der Waals surface area contributed by atoms with Crippen molar-refractivity contribution in [2.75, 3.05) is 40.9 Å². The lowest BCUT2D eigenvalue weighted by Gasteiger charge is -2.25. The van der Waals surface area contributed by atoms with Crippen molar-refractivity contribution < 1.29 is 32.9 Å². The molecule has 0 aliphatic rings. The van der Waals surface area contributed by atoms with Crippen molar-refractivity contribution >= 4 is 13.7 Å². The molecule has 0 aromatic heterocycles. The zero-order chi connectivity index (χ0) is 53.5. The van der Waals surface area contributed by atoms with Gasteiger partial charge in [0.2, 0.25) is 5.91 Å². The molecule has 0 rings (SSSR count). The maximum absolute atomic E-state index is 13.0. The van der Waals surface area contributed by atoms with Crippen LogP contribution in [0.5, 0.6) is 0 Å². The van der Waals surface area contributed by atoms with Crippen LogP contribution in [0.15, 0.2) is 122 Å². The van der Waals surface area contributed by atoms with Crippen LogP contribution in [0.25, 0.3) is 0 Å². The number of likely N-dealkylation sites (N-methyl/N-ethyl adjacent to an activating group) is 1. The molecule has 0 saturated carbocycles. The smallest absolute Gasteiger partial charge is 0.387 e. The van der Waals surface area contributed by atoms with Crippen LogP contribution in [0.3, 0.4) is 0 Å². The quantitative estimate of drug-likeness (QED) is 0.0243. The van der Waals surface area contributed by atoms with E-state index in [0.717, 1.165) is 109 Å². The highest BCUT2D eigenvalue weighted by atomic mass is 31.2. The Morgan fingerprint density at radius 3 is 1.26 bits per heavy atom. The third-order valence-electron chi connectivity index (χ3n) is 12.4. The molecule has 0 bridgehead atoms. The number of amides is 1. The lowest BCUT2D eigenvalue weighted by atomic mass is 10.0. The Bertz CT molecular complexity index is 1600. The number of phosphoric acid groups is 1. The lowest BCUT2D eigenvalue weighted by molar-refractivity contribution is -0.870. The number of carbonyl (C=O) groups is 1. The molecule has 1 amide bonds. The summed E-state index contributed by atoms with van der Waals surface area (Å²) < 4.78 is 23.7. The number of phosphoric ester groups is 1. The molecule has 418 valence electrons. The Morgan fingerprint density at radius 2 is 0.836 bits per heavy atom. The second kappa shape index (κ2) is 53.7. The number of carbonyl (C=O) groups excluding carboxylic acids is 1. The van der Waals surface area contributed by atoms with Gasteiger partial charge in [-0.1, -0.05) is 238 Å². The van der Waals surface area contributed by atoms with Crippen LogP contribution in [-0.4, -0.2) is 73.4 Å². The second-order valence-electron chi connectivity index (χ2n) is 20.6. The number of quaternary nitrogens is 1. The Hall–Kier alpha value is -3.10. The summed E-state index contributed by atoms with van der Waals surface area (Å²) in [4.78, 5) is 23.3. The highest BCUT2D eigenvalue weighted by Gasteiger charge is 2.27. The van der Waals surface area contributed by atoms with E-state index >= 15 is 0 Å². The SMILES string of the molecule is CC/C=C\C/C=C\C/C=C\C/C=C\C/C=C\C/C=C\C/C=C\CCCCCCCC(=O)NC(COP(=O)(O)OCC[N+](C)(C)C)C(O)/C=C/CC/C=C/CC/C=C/CCCCCCCCCCCCCCCC. The van der Waals surface area contributed by atoms with Crippen molar-refractivity contribution in [1.82, 2.24) is 5.32 Å². The number of hydrogen-bond acceptors (Lipinski definition) is 5. The average Bonchev–Trinajstić information content (AvgIpc) is 3.35. The first kappa shape index (κ1) is 69.9. The number of allylic oxidation sites excluding steroid dienone is 19. The average molecular weight is 1040 g/mol. The topological polar surface area (TPSA) is 105 Å². The van der Waals surface area contributed by atoms with E-state index in [0.29, 0.717) is 17.4 Å². The van der Waals surface area contributed by atoms with Crippen LogP contribution in [-0.2, 0) is 18.4 Å². The molecule has 8 nitrogen and oxygen atoms in total. The number of aliphatic hydroxyl groups excluding tert-OH is 1.